The van der Waals surface area contributed by atoms with Gasteiger partial charge in [0.05, 0.1) is 6.61 Å². The van der Waals surface area contributed by atoms with Crippen molar-refractivity contribution in [3.63, 3.8) is 0 Å². The first-order valence-corrected chi connectivity index (χ1v) is 8.03. The van der Waals surface area contributed by atoms with E-state index in [0.717, 1.165) is 5.56 Å². The van der Waals surface area contributed by atoms with Gasteiger partial charge in [-0.1, -0.05) is 42.5 Å². The number of esters is 1. The lowest BCUT2D eigenvalue weighted by molar-refractivity contribution is -0.146. The summed E-state index contributed by atoms with van der Waals surface area (Å²) < 4.78 is 18.2. The number of halogens is 1. The third-order valence-corrected chi connectivity index (χ3v) is 3.45. The lowest BCUT2D eigenvalue weighted by Crippen LogP contribution is -2.42. The second-order valence-electron chi connectivity index (χ2n) is 5.39. The highest BCUT2D eigenvalue weighted by Gasteiger charge is 2.21. The molecule has 0 spiro atoms. The molecule has 4 nitrogen and oxygen atoms in total. The van der Waals surface area contributed by atoms with Crippen molar-refractivity contribution in [2.24, 2.45) is 0 Å². The van der Waals surface area contributed by atoms with Gasteiger partial charge in [-0.2, -0.15) is 0 Å². The summed E-state index contributed by atoms with van der Waals surface area (Å²) in [5, 5.41) is 2.64. The van der Waals surface area contributed by atoms with E-state index in [1.54, 1.807) is 19.1 Å². The van der Waals surface area contributed by atoms with Gasteiger partial charge in [0.25, 0.3) is 0 Å². The number of carbonyl (C=O) groups excluding carboxylic acids is 2. The van der Waals surface area contributed by atoms with Crippen molar-refractivity contribution in [1.82, 2.24) is 5.32 Å². The van der Waals surface area contributed by atoms with Crippen molar-refractivity contribution in [2.45, 2.75) is 19.4 Å². The molecule has 25 heavy (non-hydrogen) atoms. The molecule has 2 aromatic carbocycles. The lowest BCUT2D eigenvalue weighted by atomic mass is 10.1. The van der Waals surface area contributed by atoms with Gasteiger partial charge in [-0.3, -0.25) is 4.79 Å². The molecule has 130 valence electrons. The summed E-state index contributed by atoms with van der Waals surface area (Å²) in [5.41, 5.74) is 1.47. The lowest BCUT2D eigenvalue weighted by Gasteiger charge is -2.16. The van der Waals surface area contributed by atoms with Crippen LogP contribution in [0.5, 0.6) is 0 Å². The number of amides is 1. The van der Waals surface area contributed by atoms with Crippen molar-refractivity contribution in [1.29, 1.82) is 0 Å². The van der Waals surface area contributed by atoms with Crippen LogP contribution in [0.4, 0.5) is 4.39 Å². The normalized spacial score (nSPS) is 11.9. The van der Waals surface area contributed by atoms with E-state index < -0.39 is 17.9 Å². The topological polar surface area (TPSA) is 55.4 Å². The van der Waals surface area contributed by atoms with Gasteiger partial charge in [0.2, 0.25) is 5.91 Å². The Hall–Kier alpha value is -2.95. The van der Waals surface area contributed by atoms with E-state index in [1.807, 2.05) is 30.3 Å². The number of hydrogen-bond acceptors (Lipinski definition) is 3. The molecular formula is C20H20FNO3. The summed E-state index contributed by atoms with van der Waals surface area (Å²) >= 11 is 0. The van der Waals surface area contributed by atoms with Crippen molar-refractivity contribution in [3.8, 4) is 0 Å². The molecule has 0 saturated heterocycles. The predicted molar refractivity (Wildman–Crippen MR) is 94.1 cm³/mol. The second-order valence-corrected chi connectivity index (χ2v) is 5.39. The molecule has 0 bridgehead atoms. The monoisotopic (exact) mass is 341 g/mol. The Kier molecular flexibility index (Phi) is 6.89. The maximum absolute atomic E-state index is 13.1. The Bertz CT molecular complexity index is 744. The molecule has 1 N–H and O–H groups in total. The van der Waals surface area contributed by atoms with Crippen LogP contribution in [0, 0.1) is 5.82 Å². The van der Waals surface area contributed by atoms with E-state index in [9.17, 15) is 14.0 Å². The molecule has 0 saturated carbocycles. The zero-order chi connectivity index (χ0) is 18.1. The van der Waals surface area contributed by atoms with E-state index in [4.69, 9.17) is 4.74 Å². The molecule has 5 heteroatoms. The zero-order valence-corrected chi connectivity index (χ0v) is 13.9. The van der Waals surface area contributed by atoms with E-state index in [2.05, 4.69) is 5.32 Å². The molecule has 1 amide bonds. The van der Waals surface area contributed by atoms with E-state index in [-0.39, 0.29) is 12.4 Å². The van der Waals surface area contributed by atoms with E-state index in [0.29, 0.717) is 12.0 Å². The average Bonchev–Trinajstić information content (AvgIpc) is 2.60. The molecular weight excluding hydrogens is 321 g/mol. The molecule has 0 fully saturated rings. The second kappa shape index (κ2) is 9.37. The average molecular weight is 341 g/mol. The maximum atomic E-state index is 13.1. The first-order valence-electron chi connectivity index (χ1n) is 8.03. The number of carbonyl (C=O) groups is 2. The van der Waals surface area contributed by atoms with Crippen LogP contribution in [0.3, 0.4) is 0 Å². The highest BCUT2D eigenvalue weighted by atomic mass is 19.1. The van der Waals surface area contributed by atoms with Crippen LogP contribution in [0.25, 0.3) is 6.08 Å². The molecule has 1 atom stereocenters. The Morgan fingerprint density at radius 3 is 2.60 bits per heavy atom. The SMILES string of the molecule is CCOC(=O)C(Cc1ccccc1)NC(=O)C=Cc1cccc(F)c1. The number of benzene rings is 2. The quantitative estimate of drug-likeness (QED) is 0.622. The van der Waals surface area contributed by atoms with Crippen molar-refractivity contribution in [3.05, 3.63) is 77.6 Å². The number of nitrogens with one attached hydrogen (secondary N) is 1. The minimum Gasteiger partial charge on any atom is -0.464 e. The van der Waals surface area contributed by atoms with Gasteiger partial charge >= 0.3 is 5.97 Å². The first-order chi connectivity index (χ1) is 12.1. The fraction of sp³-hybridized carbons (Fsp3) is 0.200. The molecule has 2 rings (SSSR count). The van der Waals surface area contributed by atoms with Crippen LogP contribution in [0.15, 0.2) is 60.7 Å². The molecule has 0 aliphatic carbocycles. The van der Waals surface area contributed by atoms with Gasteiger partial charge in [0, 0.05) is 12.5 Å². The van der Waals surface area contributed by atoms with Crippen molar-refractivity contribution >= 4 is 18.0 Å². The van der Waals surface area contributed by atoms with Crippen LogP contribution in [0.2, 0.25) is 0 Å². The van der Waals surface area contributed by atoms with Crippen molar-refractivity contribution in [2.75, 3.05) is 6.61 Å². The van der Waals surface area contributed by atoms with Crippen LogP contribution >= 0.6 is 0 Å². The standard InChI is InChI=1S/C20H20FNO3/c1-2-25-20(24)18(14-15-7-4-3-5-8-15)22-19(23)12-11-16-9-6-10-17(21)13-16/h3-13,18H,2,14H2,1H3,(H,22,23). The molecule has 0 heterocycles. The van der Waals surface area contributed by atoms with E-state index in [1.165, 1.54) is 24.3 Å². The molecule has 2 aromatic rings. The summed E-state index contributed by atoms with van der Waals surface area (Å²) in [6.07, 6.45) is 3.09. The third-order valence-electron chi connectivity index (χ3n) is 3.45. The zero-order valence-electron chi connectivity index (χ0n) is 13.9. The number of hydrogen-bond donors (Lipinski definition) is 1. The van der Waals surface area contributed by atoms with Gasteiger partial charge < -0.3 is 10.1 Å². The van der Waals surface area contributed by atoms with Gasteiger partial charge in [-0.25, -0.2) is 9.18 Å². The Balaban J connectivity index is 2.04. The fourth-order valence-electron chi connectivity index (χ4n) is 2.29. The highest BCUT2D eigenvalue weighted by molar-refractivity contribution is 5.94. The maximum Gasteiger partial charge on any atom is 0.328 e. The highest BCUT2D eigenvalue weighted by Crippen LogP contribution is 2.07. The smallest absolute Gasteiger partial charge is 0.328 e. The minimum atomic E-state index is -0.785. The number of ether oxygens (including phenoxy) is 1. The molecule has 1 unspecified atom stereocenters. The van der Waals surface area contributed by atoms with Gasteiger partial charge in [-0.15, -0.1) is 0 Å². The number of rotatable bonds is 7. The molecule has 0 radical (unpaired) electrons. The van der Waals surface area contributed by atoms with Gasteiger partial charge in [0.1, 0.15) is 11.9 Å². The summed E-state index contributed by atoms with van der Waals surface area (Å²) in [6, 6.07) is 14.5. The summed E-state index contributed by atoms with van der Waals surface area (Å²) in [7, 11) is 0. The predicted octanol–water partition coefficient (Wildman–Crippen LogP) is 3.13. The Labute approximate surface area is 146 Å². The first kappa shape index (κ1) is 18.4. The molecule has 0 aliphatic rings. The van der Waals surface area contributed by atoms with E-state index >= 15 is 0 Å². The summed E-state index contributed by atoms with van der Waals surface area (Å²) in [4.78, 5) is 24.2. The third kappa shape index (κ3) is 6.22. The summed E-state index contributed by atoms with van der Waals surface area (Å²) in [6.45, 7) is 1.95. The fourth-order valence-corrected chi connectivity index (χ4v) is 2.29. The summed E-state index contributed by atoms with van der Waals surface area (Å²) in [5.74, 6) is -1.31. The van der Waals surface area contributed by atoms with Crippen LogP contribution < -0.4 is 5.32 Å². The Morgan fingerprint density at radius 1 is 1.16 bits per heavy atom. The van der Waals surface area contributed by atoms with Crippen molar-refractivity contribution < 1.29 is 18.7 Å². The minimum absolute atomic E-state index is 0.235. The Morgan fingerprint density at radius 2 is 1.92 bits per heavy atom. The largest absolute Gasteiger partial charge is 0.464 e. The van der Waals surface area contributed by atoms with Gasteiger partial charge in [-0.05, 0) is 36.3 Å². The van der Waals surface area contributed by atoms with Crippen LogP contribution in [-0.4, -0.2) is 24.5 Å². The van der Waals surface area contributed by atoms with Crippen LogP contribution in [0.1, 0.15) is 18.1 Å². The molecule has 0 aliphatic heterocycles. The molecule has 0 aromatic heterocycles. The van der Waals surface area contributed by atoms with Gasteiger partial charge in [0.15, 0.2) is 0 Å². The van der Waals surface area contributed by atoms with Crippen LogP contribution in [-0.2, 0) is 20.7 Å².